The van der Waals surface area contributed by atoms with E-state index in [9.17, 15) is 4.79 Å². The van der Waals surface area contributed by atoms with E-state index in [1.54, 1.807) is 4.68 Å². The van der Waals surface area contributed by atoms with E-state index in [4.69, 9.17) is 23.2 Å². The summed E-state index contributed by atoms with van der Waals surface area (Å²) in [6, 6.07) is 8.22. The van der Waals surface area contributed by atoms with Crippen molar-refractivity contribution in [2.45, 2.75) is 39.2 Å². The molecule has 0 saturated heterocycles. The number of hydrogen-bond donors (Lipinski definition) is 2. The minimum Gasteiger partial charge on any atom is -0.361 e. The maximum absolute atomic E-state index is 12.0. The fourth-order valence-corrected chi connectivity index (χ4v) is 3.40. The average molecular weight is 393 g/mol. The topological polar surface area (TPSA) is 62.7 Å². The van der Waals surface area contributed by atoms with Gasteiger partial charge in [-0.05, 0) is 37.8 Å². The zero-order valence-electron chi connectivity index (χ0n) is 14.7. The third kappa shape index (κ3) is 4.40. The summed E-state index contributed by atoms with van der Waals surface area (Å²) in [7, 11) is 0. The second-order valence-electron chi connectivity index (χ2n) is 6.33. The quantitative estimate of drug-likeness (QED) is 0.553. The number of carbonyl (C=O) groups excluding carboxylic acids is 1. The molecule has 5 nitrogen and oxygen atoms in total. The van der Waals surface area contributed by atoms with Gasteiger partial charge in [0, 0.05) is 36.6 Å². The summed E-state index contributed by atoms with van der Waals surface area (Å²) in [6.45, 7) is 3.04. The Morgan fingerprint density at radius 2 is 2.08 bits per heavy atom. The van der Waals surface area contributed by atoms with E-state index in [0.29, 0.717) is 29.7 Å². The molecule has 138 valence electrons. The maximum atomic E-state index is 12.0. The molecule has 0 bridgehead atoms. The summed E-state index contributed by atoms with van der Waals surface area (Å²) in [4.78, 5) is 15.2. The van der Waals surface area contributed by atoms with Gasteiger partial charge >= 0.3 is 0 Å². The van der Waals surface area contributed by atoms with Gasteiger partial charge in [0.25, 0.3) is 0 Å². The van der Waals surface area contributed by atoms with Crippen molar-refractivity contribution in [3.8, 4) is 0 Å². The Hall–Kier alpha value is -1.98. The minimum absolute atomic E-state index is 0.0746. The molecule has 2 heterocycles. The first-order valence-electron chi connectivity index (χ1n) is 8.76. The largest absolute Gasteiger partial charge is 0.361 e. The molecule has 3 rings (SSSR count). The Kier molecular flexibility index (Phi) is 6.22. The van der Waals surface area contributed by atoms with Gasteiger partial charge < -0.3 is 10.3 Å². The van der Waals surface area contributed by atoms with Crippen molar-refractivity contribution in [3.05, 3.63) is 51.9 Å². The highest BCUT2D eigenvalue weighted by atomic mass is 35.5. The van der Waals surface area contributed by atoms with Crippen LogP contribution in [-0.2, 0) is 17.8 Å². The Balaban J connectivity index is 1.36. The Morgan fingerprint density at radius 1 is 1.27 bits per heavy atom. The summed E-state index contributed by atoms with van der Waals surface area (Å²) >= 11 is 12.1. The molecule has 3 aromatic rings. The van der Waals surface area contributed by atoms with Crippen molar-refractivity contribution in [1.29, 1.82) is 0 Å². The summed E-state index contributed by atoms with van der Waals surface area (Å²) in [5, 5.41) is 9.39. The maximum Gasteiger partial charge on any atom is 0.220 e. The third-order valence-corrected chi connectivity index (χ3v) is 5.32. The van der Waals surface area contributed by atoms with Crippen LogP contribution in [0.15, 0.2) is 30.5 Å². The number of rotatable bonds is 8. The highest BCUT2D eigenvalue weighted by molar-refractivity contribution is 6.41. The number of para-hydroxylation sites is 1. The molecule has 1 aromatic carbocycles. The van der Waals surface area contributed by atoms with Gasteiger partial charge in [-0.1, -0.05) is 41.4 Å². The van der Waals surface area contributed by atoms with Crippen molar-refractivity contribution in [3.63, 3.8) is 0 Å². The molecule has 0 aliphatic rings. The van der Waals surface area contributed by atoms with E-state index in [-0.39, 0.29) is 5.91 Å². The molecule has 0 spiro atoms. The number of nitrogens with one attached hydrogen (secondary N) is 2. The van der Waals surface area contributed by atoms with Crippen molar-refractivity contribution < 1.29 is 4.79 Å². The number of halogens is 2. The van der Waals surface area contributed by atoms with Crippen molar-refractivity contribution in [2.75, 3.05) is 6.54 Å². The van der Waals surface area contributed by atoms with Crippen LogP contribution in [-0.4, -0.2) is 27.2 Å². The lowest BCUT2D eigenvalue weighted by Crippen LogP contribution is -2.25. The zero-order chi connectivity index (χ0) is 18.5. The second kappa shape index (κ2) is 8.60. The first kappa shape index (κ1) is 18.8. The number of hydrogen-bond acceptors (Lipinski definition) is 2. The molecule has 0 aliphatic carbocycles. The first-order chi connectivity index (χ1) is 12.6. The number of fused-ring (bicyclic) bond motifs is 1. The lowest BCUT2D eigenvalue weighted by atomic mass is 10.1. The van der Waals surface area contributed by atoms with Crippen LogP contribution in [0.1, 0.15) is 30.5 Å². The minimum atomic E-state index is 0.0746. The molecule has 0 atom stereocenters. The predicted octanol–water partition coefficient (Wildman–Crippen LogP) is 4.51. The fraction of sp³-hybridized carbons (Fsp3) is 0.368. The number of benzene rings is 1. The third-order valence-electron chi connectivity index (χ3n) is 4.39. The molecule has 0 fully saturated rings. The monoisotopic (exact) mass is 392 g/mol. The first-order valence-corrected chi connectivity index (χ1v) is 9.52. The summed E-state index contributed by atoms with van der Waals surface area (Å²) in [6.07, 6.45) is 5.02. The van der Waals surface area contributed by atoms with E-state index >= 15 is 0 Å². The average Bonchev–Trinajstić information content (AvgIpc) is 3.15. The number of amides is 1. The van der Waals surface area contributed by atoms with Crippen LogP contribution in [0.25, 0.3) is 10.9 Å². The standard InChI is InChI=1S/C19H22Cl2N4O/c1-13-18(20)19(21)25(24-13)11-5-10-22-17(26)9-4-6-14-12-23-16-8-3-2-7-15(14)16/h2-3,7-8,12,23H,4-6,9-11H2,1H3,(H,22,26). The van der Waals surface area contributed by atoms with Crippen molar-refractivity contribution in [2.24, 2.45) is 0 Å². The number of nitrogens with zero attached hydrogens (tertiary/aromatic N) is 2. The van der Waals surface area contributed by atoms with Crippen LogP contribution in [0, 0.1) is 6.92 Å². The molecule has 0 radical (unpaired) electrons. The van der Waals surface area contributed by atoms with Gasteiger partial charge in [0.05, 0.1) is 5.69 Å². The molecular weight excluding hydrogens is 371 g/mol. The molecule has 26 heavy (non-hydrogen) atoms. The Morgan fingerprint density at radius 3 is 2.85 bits per heavy atom. The van der Waals surface area contributed by atoms with Gasteiger partial charge in [-0.2, -0.15) is 5.10 Å². The van der Waals surface area contributed by atoms with Gasteiger partial charge in [0.1, 0.15) is 10.2 Å². The summed E-state index contributed by atoms with van der Waals surface area (Å²) in [5.74, 6) is 0.0746. The molecular formula is C19H22Cl2N4O. The van der Waals surface area contributed by atoms with E-state index in [1.165, 1.54) is 10.9 Å². The van der Waals surface area contributed by atoms with E-state index < -0.39 is 0 Å². The Labute approximate surface area is 162 Å². The molecule has 2 N–H and O–H groups in total. The lowest BCUT2D eigenvalue weighted by molar-refractivity contribution is -0.121. The van der Waals surface area contributed by atoms with Crippen molar-refractivity contribution >= 4 is 40.0 Å². The SMILES string of the molecule is Cc1nn(CCCNC(=O)CCCc2c[nH]c3ccccc23)c(Cl)c1Cl. The second-order valence-corrected chi connectivity index (χ2v) is 7.07. The number of aromatic amines is 1. The molecule has 2 aromatic heterocycles. The zero-order valence-corrected chi connectivity index (χ0v) is 16.2. The highest BCUT2D eigenvalue weighted by Gasteiger charge is 2.10. The molecule has 1 amide bonds. The number of aromatic nitrogens is 3. The fourth-order valence-electron chi connectivity index (χ4n) is 3.00. The van der Waals surface area contributed by atoms with Gasteiger partial charge in [0.2, 0.25) is 5.91 Å². The van der Waals surface area contributed by atoms with Gasteiger partial charge in [-0.15, -0.1) is 0 Å². The normalized spacial score (nSPS) is 11.2. The van der Waals surface area contributed by atoms with E-state index in [0.717, 1.165) is 30.5 Å². The molecule has 0 aliphatic heterocycles. The van der Waals surface area contributed by atoms with Crippen LogP contribution < -0.4 is 5.32 Å². The predicted molar refractivity (Wildman–Crippen MR) is 106 cm³/mol. The lowest BCUT2D eigenvalue weighted by Gasteiger charge is -2.06. The van der Waals surface area contributed by atoms with Crippen LogP contribution >= 0.6 is 23.2 Å². The molecule has 0 unspecified atom stereocenters. The van der Waals surface area contributed by atoms with E-state index in [2.05, 4.69) is 27.5 Å². The highest BCUT2D eigenvalue weighted by Crippen LogP contribution is 2.25. The molecule has 7 heteroatoms. The van der Waals surface area contributed by atoms with Crippen LogP contribution in [0.3, 0.4) is 0 Å². The number of H-pyrrole nitrogens is 1. The summed E-state index contributed by atoms with van der Waals surface area (Å²) < 4.78 is 1.67. The van der Waals surface area contributed by atoms with Gasteiger partial charge in [0.15, 0.2) is 0 Å². The summed E-state index contributed by atoms with van der Waals surface area (Å²) in [5.41, 5.74) is 3.12. The molecule has 0 saturated carbocycles. The smallest absolute Gasteiger partial charge is 0.220 e. The van der Waals surface area contributed by atoms with Gasteiger partial charge in [-0.3, -0.25) is 9.48 Å². The van der Waals surface area contributed by atoms with Crippen LogP contribution in [0.4, 0.5) is 0 Å². The van der Waals surface area contributed by atoms with E-state index in [1.807, 2.05) is 25.3 Å². The Bertz CT molecular complexity index is 900. The number of aryl methyl sites for hydroxylation is 3. The van der Waals surface area contributed by atoms with Gasteiger partial charge in [-0.25, -0.2) is 0 Å². The van der Waals surface area contributed by atoms with Crippen LogP contribution in [0.2, 0.25) is 10.2 Å². The van der Waals surface area contributed by atoms with Crippen molar-refractivity contribution in [1.82, 2.24) is 20.1 Å². The number of carbonyl (C=O) groups is 1. The van der Waals surface area contributed by atoms with Crippen LogP contribution in [0.5, 0.6) is 0 Å².